The molecule has 1 saturated carbocycles. The lowest BCUT2D eigenvalue weighted by Crippen LogP contribution is -2.19. The highest BCUT2D eigenvalue weighted by atomic mass is 16.7. The van der Waals surface area contributed by atoms with Crippen molar-refractivity contribution in [1.29, 1.82) is 0 Å². The molecule has 0 atom stereocenters. The molecule has 2 aliphatic rings. The van der Waals surface area contributed by atoms with Gasteiger partial charge in [0, 0.05) is 24.6 Å². The molecule has 6 nitrogen and oxygen atoms in total. The van der Waals surface area contributed by atoms with E-state index >= 15 is 0 Å². The third kappa shape index (κ3) is 2.34. The second kappa shape index (κ2) is 4.79. The number of benzene rings is 1. The Kier molecular flexibility index (Phi) is 2.81. The van der Waals surface area contributed by atoms with Crippen LogP contribution in [0.5, 0.6) is 11.5 Å². The third-order valence-corrected chi connectivity index (χ3v) is 3.44. The first-order valence-electron chi connectivity index (χ1n) is 6.84. The maximum Gasteiger partial charge on any atom is 0.247 e. The summed E-state index contributed by atoms with van der Waals surface area (Å²) < 4.78 is 16.3. The molecule has 2 heterocycles. The number of nitrogens with one attached hydrogen (secondary N) is 1. The van der Waals surface area contributed by atoms with Crippen molar-refractivity contribution >= 4 is 0 Å². The standard InChI is InChI=1S/C14H15N3O3/c1-4-11-12(19-8-18-11)7-9(1)14-17-16-13(20-14)5-6-15-10-2-3-10/h1,4,7,10,15H,2-3,5-6,8H2. The number of aromatic nitrogens is 2. The van der Waals surface area contributed by atoms with Gasteiger partial charge < -0.3 is 19.2 Å². The van der Waals surface area contributed by atoms with Crippen LogP contribution in [0.1, 0.15) is 18.7 Å². The van der Waals surface area contributed by atoms with Crippen LogP contribution in [0, 0.1) is 0 Å². The summed E-state index contributed by atoms with van der Waals surface area (Å²) in [5, 5.41) is 11.6. The normalized spacial score (nSPS) is 16.6. The van der Waals surface area contributed by atoms with Gasteiger partial charge in [-0.1, -0.05) is 0 Å². The van der Waals surface area contributed by atoms with Crippen molar-refractivity contribution in [1.82, 2.24) is 15.5 Å². The summed E-state index contributed by atoms with van der Waals surface area (Å²) in [6, 6.07) is 6.32. The average Bonchev–Trinajstić information content (AvgIpc) is 2.99. The zero-order valence-electron chi connectivity index (χ0n) is 11.0. The van der Waals surface area contributed by atoms with E-state index in [1.807, 2.05) is 18.2 Å². The van der Waals surface area contributed by atoms with E-state index in [0.717, 1.165) is 30.0 Å². The topological polar surface area (TPSA) is 69.4 Å². The van der Waals surface area contributed by atoms with Crippen LogP contribution in [0.25, 0.3) is 11.5 Å². The molecule has 1 N–H and O–H groups in total. The molecule has 1 aliphatic heterocycles. The maximum atomic E-state index is 5.67. The van der Waals surface area contributed by atoms with Gasteiger partial charge in [0.25, 0.3) is 0 Å². The summed E-state index contributed by atoms with van der Waals surface area (Å²) in [6.45, 7) is 1.15. The summed E-state index contributed by atoms with van der Waals surface area (Å²) in [7, 11) is 0. The number of rotatable bonds is 5. The van der Waals surface area contributed by atoms with Crippen molar-refractivity contribution in [2.45, 2.75) is 25.3 Å². The predicted octanol–water partition coefficient (Wildman–Crippen LogP) is 1.76. The quantitative estimate of drug-likeness (QED) is 0.895. The van der Waals surface area contributed by atoms with Gasteiger partial charge in [-0.25, -0.2) is 0 Å². The zero-order valence-corrected chi connectivity index (χ0v) is 11.0. The first-order chi connectivity index (χ1) is 9.88. The van der Waals surface area contributed by atoms with E-state index in [4.69, 9.17) is 13.9 Å². The molecule has 2 aromatic rings. The van der Waals surface area contributed by atoms with Crippen LogP contribution >= 0.6 is 0 Å². The molecule has 4 rings (SSSR count). The molecule has 1 aliphatic carbocycles. The Balaban J connectivity index is 1.46. The highest BCUT2D eigenvalue weighted by Gasteiger charge is 2.20. The first-order valence-corrected chi connectivity index (χ1v) is 6.84. The second-order valence-electron chi connectivity index (χ2n) is 5.05. The Morgan fingerprint density at radius 3 is 2.95 bits per heavy atom. The molecule has 1 fully saturated rings. The van der Waals surface area contributed by atoms with Gasteiger partial charge in [0.15, 0.2) is 11.5 Å². The zero-order chi connectivity index (χ0) is 13.4. The van der Waals surface area contributed by atoms with Gasteiger partial charge >= 0.3 is 0 Å². The van der Waals surface area contributed by atoms with Crippen LogP contribution in [-0.4, -0.2) is 29.6 Å². The molecular weight excluding hydrogens is 258 g/mol. The Hall–Kier alpha value is -2.08. The first kappa shape index (κ1) is 11.7. The molecule has 0 bridgehead atoms. The highest BCUT2D eigenvalue weighted by Crippen LogP contribution is 2.35. The van der Waals surface area contributed by atoms with Gasteiger partial charge in [0.05, 0.1) is 0 Å². The molecule has 0 spiro atoms. The van der Waals surface area contributed by atoms with Gasteiger partial charge in [-0.3, -0.25) is 0 Å². The Labute approximate surface area is 116 Å². The van der Waals surface area contributed by atoms with Gasteiger partial charge in [-0.05, 0) is 31.0 Å². The van der Waals surface area contributed by atoms with Crippen molar-refractivity contribution in [2.24, 2.45) is 0 Å². The highest BCUT2D eigenvalue weighted by molar-refractivity contribution is 5.60. The number of ether oxygens (including phenoxy) is 2. The molecule has 104 valence electrons. The van der Waals surface area contributed by atoms with Crippen molar-refractivity contribution in [3.05, 3.63) is 24.1 Å². The van der Waals surface area contributed by atoms with Crippen LogP contribution in [0.2, 0.25) is 0 Å². The van der Waals surface area contributed by atoms with E-state index in [2.05, 4.69) is 15.5 Å². The van der Waals surface area contributed by atoms with E-state index in [9.17, 15) is 0 Å². The van der Waals surface area contributed by atoms with Gasteiger partial charge in [0.2, 0.25) is 18.6 Å². The van der Waals surface area contributed by atoms with Crippen LogP contribution in [0.15, 0.2) is 22.6 Å². The Bertz CT molecular complexity index is 622. The van der Waals surface area contributed by atoms with Crippen molar-refractivity contribution in [3.63, 3.8) is 0 Å². The molecule has 0 amide bonds. The minimum absolute atomic E-state index is 0.265. The van der Waals surface area contributed by atoms with Crippen LogP contribution in [0.3, 0.4) is 0 Å². The van der Waals surface area contributed by atoms with Crippen LogP contribution in [0.4, 0.5) is 0 Å². The smallest absolute Gasteiger partial charge is 0.247 e. The van der Waals surface area contributed by atoms with Crippen LogP contribution in [-0.2, 0) is 6.42 Å². The number of hydrogen-bond donors (Lipinski definition) is 1. The lowest BCUT2D eigenvalue weighted by molar-refractivity contribution is 0.174. The average molecular weight is 273 g/mol. The van der Waals surface area contributed by atoms with E-state index in [-0.39, 0.29) is 6.79 Å². The van der Waals surface area contributed by atoms with E-state index in [1.54, 1.807) is 0 Å². The van der Waals surface area contributed by atoms with E-state index in [0.29, 0.717) is 17.8 Å². The fourth-order valence-electron chi connectivity index (χ4n) is 2.17. The van der Waals surface area contributed by atoms with Gasteiger partial charge in [0.1, 0.15) is 0 Å². The summed E-state index contributed by atoms with van der Waals surface area (Å²) in [5.41, 5.74) is 0.850. The molecular formula is C14H15N3O3. The number of fused-ring (bicyclic) bond motifs is 1. The second-order valence-corrected chi connectivity index (χ2v) is 5.05. The third-order valence-electron chi connectivity index (χ3n) is 3.44. The molecule has 0 radical (unpaired) electrons. The van der Waals surface area contributed by atoms with Crippen molar-refractivity contribution < 1.29 is 13.9 Å². The largest absolute Gasteiger partial charge is 0.454 e. The maximum absolute atomic E-state index is 5.67. The van der Waals surface area contributed by atoms with Crippen LogP contribution < -0.4 is 14.8 Å². The predicted molar refractivity (Wildman–Crippen MR) is 70.6 cm³/mol. The van der Waals surface area contributed by atoms with Gasteiger partial charge in [-0.15, -0.1) is 10.2 Å². The number of hydrogen-bond acceptors (Lipinski definition) is 6. The summed E-state index contributed by atoms with van der Waals surface area (Å²) in [4.78, 5) is 0. The summed E-state index contributed by atoms with van der Waals surface area (Å²) >= 11 is 0. The monoisotopic (exact) mass is 273 g/mol. The minimum Gasteiger partial charge on any atom is -0.454 e. The van der Waals surface area contributed by atoms with Crippen molar-refractivity contribution in [3.8, 4) is 23.0 Å². The number of nitrogens with zero attached hydrogens (tertiary/aromatic N) is 2. The molecule has 1 aromatic heterocycles. The lowest BCUT2D eigenvalue weighted by atomic mass is 10.2. The van der Waals surface area contributed by atoms with Gasteiger partial charge in [-0.2, -0.15) is 0 Å². The Morgan fingerprint density at radius 1 is 1.15 bits per heavy atom. The van der Waals surface area contributed by atoms with Crippen molar-refractivity contribution in [2.75, 3.05) is 13.3 Å². The fourth-order valence-corrected chi connectivity index (χ4v) is 2.17. The Morgan fingerprint density at radius 2 is 2.05 bits per heavy atom. The summed E-state index contributed by atoms with van der Waals surface area (Å²) in [6.07, 6.45) is 3.33. The summed E-state index contributed by atoms with van der Waals surface area (Å²) in [5.74, 6) is 2.65. The van der Waals surface area contributed by atoms with E-state index < -0.39 is 0 Å². The minimum atomic E-state index is 0.265. The SMILES string of the molecule is c1cc2c(cc1-c1nnc(CCNC3CC3)o1)OCO2. The molecule has 20 heavy (non-hydrogen) atoms. The molecule has 0 saturated heterocycles. The fraction of sp³-hybridized carbons (Fsp3) is 0.429. The van der Waals surface area contributed by atoms with E-state index in [1.165, 1.54) is 12.8 Å². The molecule has 6 heteroatoms. The lowest BCUT2D eigenvalue weighted by Gasteiger charge is -1.99. The molecule has 0 unspecified atom stereocenters. The molecule has 1 aromatic carbocycles.